The molecular formula is C3H5F3O3. The Labute approximate surface area is 49.0 Å². The molecule has 0 aliphatic heterocycles. The van der Waals surface area contributed by atoms with Crippen molar-refractivity contribution in [2.75, 3.05) is 13.2 Å². The van der Waals surface area contributed by atoms with Crippen LogP contribution in [-0.2, 0) is 14.8 Å². The van der Waals surface area contributed by atoms with Crippen molar-refractivity contribution in [2.24, 2.45) is 0 Å². The van der Waals surface area contributed by atoms with Crippen LogP contribution in [0.15, 0.2) is 0 Å². The molecule has 0 aromatic heterocycles. The molecule has 0 aliphatic rings. The van der Waals surface area contributed by atoms with Gasteiger partial charge >= 0.3 is 0 Å². The van der Waals surface area contributed by atoms with Crippen LogP contribution in [0.1, 0.15) is 0 Å². The molecule has 56 valence electrons. The van der Waals surface area contributed by atoms with Crippen molar-refractivity contribution < 1.29 is 28.4 Å². The molecule has 0 fully saturated rings. The van der Waals surface area contributed by atoms with E-state index >= 15 is 0 Å². The lowest BCUT2D eigenvalue weighted by Crippen LogP contribution is -2.19. The standard InChI is InChI=1S/C3H5F3O3/c4-7-1-3(9-6)2-8-5/h3H,1-2H2. The Morgan fingerprint density at radius 1 is 1.00 bits per heavy atom. The Morgan fingerprint density at radius 2 is 1.44 bits per heavy atom. The summed E-state index contributed by atoms with van der Waals surface area (Å²) in [6.45, 7) is -1.39. The monoisotopic (exact) mass is 146 g/mol. The highest BCUT2D eigenvalue weighted by atomic mass is 19.3. The second-order valence-corrected chi connectivity index (χ2v) is 1.26. The van der Waals surface area contributed by atoms with Crippen LogP contribution < -0.4 is 0 Å². The average molecular weight is 146 g/mol. The molecule has 0 aromatic rings. The van der Waals surface area contributed by atoms with E-state index in [0.717, 1.165) is 0 Å². The first kappa shape index (κ1) is 8.67. The Kier molecular flexibility index (Phi) is 5.59. The van der Waals surface area contributed by atoms with Gasteiger partial charge in [0, 0.05) is 0 Å². The van der Waals surface area contributed by atoms with Crippen LogP contribution >= 0.6 is 0 Å². The fraction of sp³-hybridized carbons (Fsp3) is 1.00. The van der Waals surface area contributed by atoms with Gasteiger partial charge in [0.05, 0.1) is 0 Å². The molecule has 3 nitrogen and oxygen atoms in total. The summed E-state index contributed by atoms with van der Waals surface area (Å²) >= 11 is 0. The van der Waals surface area contributed by atoms with E-state index in [1.807, 2.05) is 0 Å². The maximum Gasteiger partial charge on any atom is 0.152 e. The third-order valence-corrected chi connectivity index (χ3v) is 0.624. The first-order valence-corrected chi connectivity index (χ1v) is 2.09. The van der Waals surface area contributed by atoms with Crippen molar-refractivity contribution in [2.45, 2.75) is 6.10 Å². The fourth-order valence-electron chi connectivity index (χ4n) is 0.240. The molecule has 0 heterocycles. The summed E-state index contributed by atoms with van der Waals surface area (Å²) in [4.78, 5) is 8.87. The summed E-state index contributed by atoms with van der Waals surface area (Å²) in [5, 5.41) is 0. The van der Waals surface area contributed by atoms with E-state index < -0.39 is 19.3 Å². The molecule has 0 aromatic carbocycles. The molecule has 0 unspecified atom stereocenters. The smallest absolute Gasteiger partial charge is 0.152 e. The zero-order chi connectivity index (χ0) is 7.11. The van der Waals surface area contributed by atoms with Gasteiger partial charge in [0.15, 0.2) is 6.10 Å². The number of halogens is 3. The minimum absolute atomic E-state index is 0.694. The first-order valence-electron chi connectivity index (χ1n) is 2.09. The van der Waals surface area contributed by atoms with Gasteiger partial charge in [-0.15, -0.1) is 0 Å². The highest BCUT2D eigenvalue weighted by molar-refractivity contribution is 4.48. The summed E-state index contributed by atoms with van der Waals surface area (Å²) in [6.07, 6.45) is -1.35. The molecule has 0 radical (unpaired) electrons. The van der Waals surface area contributed by atoms with Gasteiger partial charge in [-0.25, -0.2) is 0 Å². The quantitative estimate of drug-likeness (QED) is 0.580. The van der Waals surface area contributed by atoms with Crippen molar-refractivity contribution in [1.82, 2.24) is 0 Å². The lowest BCUT2D eigenvalue weighted by Gasteiger charge is -2.03. The van der Waals surface area contributed by atoms with Crippen molar-refractivity contribution in [1.29, 1.82) is 0 Å². The maximum atomic E-state index is 11.0. The Morgan fingerprint density at radius 3 is 1.67 bits per heavy atom. The topological polar surface area (TPSA) is 27.7 Å². The zero-order valence-electron chi connectivity index (χ0n) is 4.35. The largest absolute Gasteiger partial charge is 0.191 e. The summed E-state index contributed by atoms with van der Waals surface area (Å²) in [7, 11) is 0. The summed E-state index contributed by atoms with van der Waals surface area (Å²) in [5.41, 5.74) is 0. The molecule has 0 N–H and O–H groups in total. The Hall–Kier alpha value is -0.330. The van der Waals surface area contributed by atoms with Crippen molar-refractivity contribution in [3.05, 3.63) is 0 Å². The van der Waals surface area contributed by atoms with Crippen LogP contribution in [0.2, 0.25) is 0 Å². The van der Waals surface area contributed by atoms with E-state index in [2.05, 4.69) is 14.8 Å². The van der Waals surface area contributed by atoms with E-state index in [9.17, 15) is 13.6 Å². The predicted molar refractivity (Wildman–Crippen MR) is 20.1 cm³/mol. The van der Waals surface area contributed by atoms with Crippen LogP contribution in [0, 0.1) is 0 Å². The normalized spacial score (nSPS) is 10.7. The highest BCUT2D eigenvalue weighted by Gasteiger charge is 2.10. The van der Waals surface area contributed by atoms with Crippen LogP contribution in [0.3, 0.4) is 0 Å². The summed E-state index contributed by atoms with van der Waals surface area (Å²) < 4.78 is 32.7. The third-order valence-electron chi connectivity index (χ3n) is 0.624. The molecule has 6 heteroatoms. The van der Waals surface area contributed by atoms with Crippen LogP contribution in [0.25, 0.3) is 0 Å². The Balaban J connectivity index is 3.18. The van der Waals surface area contributed by atoms with Crippen molar-refractivity contribution >= 4 is 0 Å². The molecule has 0 saturated carbocycles. The number of rotatable bonds is 5. The molecule has 9 heavy (non-hydrogen) atoms. The second-order valence-electron chi connectivity index (χ2n) is 1.26. The van der Waals surface area contributed by atoms with Crippen LogP contribution in [0.5, 0.6) is 0 Å². The van der Waals surface area contributed by atoms with Gasteiger partial charge in [-0.1, -0.05) is 0 Å². The number of hydrogen-bond donors (Lipinski definition) is 0. The van der Waals surface area contributed by atoms with Gasteiger partial charge in [0.2, 0.25) is 0 Å². The van der Waals surface area contributed by atoms with E-state index in [4.69, 9.17) is 0 Å². The van der Waals surface area contributed by atoms with Crippen molar-refractivity contribution in [3.8, 4) is 0 Å². The first-order chi connectivity index (χ1) is 4.35. The summed E-state index contributed by atoms with van der Waals surface area (Å²) in [5.74, 6) is 0. The van der Waals surface area contributed by atoms with Gasteiger partial charge in [-0.3, -0.25) is 0 Å². The fourth-order valence-corrected chi connectivity index (χ4v) is 0.240. The second kappa shape index (κ2) is 5.80. The van der Waals surface area contributed by atoms with Gasteiger partial charge in [0.25, 0.3) is 0 Å². The Bertz CT molecular complexity index is 56.3. The minimum Gasteiger partial charge on any atom is -0.191 e. The lowest BCUT2D eigenvalue weighted by molar-refractivity contribution is -0.268. The molecule has 0 aliphatic carbocycles. The average Bonchev–Trinajstić information content (AvgIpc) is 1.88. The van der Waals surface area contributed by atoms with Crippen LogP contribution in [0.4, 0.5) is 13.6 Å². The van der Waals surface area contributed by atoms with Gasteiger partial charge < -0.3 is 0 Å². The van der Waals surface area contributed by atoms with E-state index in [0.29, 0.717) is 0 Å². The van der Waals surface area contributed by atoms with Crippen LogP contribution in [-0.4, -0.2) is 19.3 Å². The van der Waals surface area contributed by atoms with E-state index in [1.54, 1.807) is 0 Å². The molecule has 0 spiro atoms. The minimum atomic E-state index is -1.35. The third kappa shape index (κ3) is 4.19. The predicted octanol–water partition coefficient (Wildman–Crippen LogP) is 1.06. The van der Waals surface area contributed by atoms with Gasteiger partial charge in [0.1, 0.15) is 13.2 Å². The molecule has 0 amide bonds. The lowest BCUT2D eigenvalue weighted by atomic mass is 10.4. The van der Waals surface area contributed by atoms with Gasteiger partial charge in [-0.05, 0) is 13.6 Å². The molecular weight excluding hydrogens is 141 g/mol. The highest BCUT2D eigenvalue weighted by Crippen LogP contribution is 1.95. The summed E-state index contributed by atoms with van der Waals surface area (Å²) in [6, 6.07) is 0. The van der Waals surface area contributed by atoms with Gasteiger partial charge in [-0.2, -0.15) is 14.8 Å². The maximum absolute atomic E-state index is 11.0. The van der Waals surface area contributed by atoms with E-state index in [1.165, 1.54) is 0 Å². The zero-order valence-corrected chi connectivity index (χ0v) is 4.35. The molecule has 0 bridgehead atoms. The molecule has 0 atom stereocenters. The molecule has 0 rings (SSSR count). The SMILES string of the molecule is FOCC(COF)OF. The van der Waals surface area contributed by atoms with E-state index in [-0.39, 0.29) is 0 Å². The molecule has 0 saturated heterocycles. The number of hydrogen-bond acceptors (Lipinski definition) is 3. The van der Waals surface area contributed by atoms with Crippen molar-refractivity contribution in [3.63, 3.8) is 0 Å².